The molecule has 1 rings (SSSR count). The average molecular weight is 386 g/mol. The third kappa shape index (κ3) is 7.61. The van der Waals surface area contributed by atoms with E-state index in [9.17, 15) is 13.2 Å². The first kappa shape index (κ1) is 22.2. The van der Waals surface area contributed by atoms with Crippen molar-refractivity contribution >= 4 is 21.8 Å². The smallest absolute Gasteiger partial charge is 0.407 e. The van der Waals surface area contributed by atoms with Crippen molar-refractivity contribution in [3.8, 4) is 0 Å². The van der Waals surface area contributed by atoms with Crippen LogP contribution in [0.15, 0.2) is 29.2 Å². The van der Waals surface area contributed by atoms with Gasteiger partial charge in [-0.15, -0.1) is 0 Å². The van der Waals surface area contributed by atoms with Gasteiger partial charge in [-0.2, -0.15) is 4.31 Å². The number of nitrogens with two attached hydrogens (primary N) is 1. The molecule has 0 aromatic heterocycles. The maximum atomic E-state index is 12.9. The molecule has 0 unspecified atom stereocenters. The van der Waals surface area contributed by atoms with Crippen molar-refractivity contribution in [2.45, 2.75) is 51.5 Å². The summed E-state index contributed by atoms with van der Waals surface area (Å²) < 4.78 is 32.3. The predicted octanol–water partition coefficient (Wildman–Crippen LogP) is 2.83. The van der Waals surface area contributed by atoms with Crippen LogP contribution in [0.5, 0.6) is 0 Å². The molecule has 0 fully saturated rings. The first-order chi connectivity index (χ1) is 11.9. The number of benzene rings is 1. The molecule has 26 heavy (non-hydrogen) atoms. The van der Waals surface area contributed by atoms with Gasteiger partial charge in [0.05, 0.1) is 4.90 Å². The molecular weight excluding hydrogens is 354 g/mol. The second-order valence-corrected chi connectivity index (χ2v) is 9.55. The number of alkyl carbamates (subject to hydrolysis) is 1. The van der Waals surface area contributed by atoms with Gasteiger partial charge in [0.1, 0.15) is 5.60 Å². The van der Waals surface area contributed by atoms with Crippen LogP contribution in [0, 0.1) is 5.92 Å². The highest BCUT2D eigenvalue weighted by Gasteiger charge is 2.25. The Morgan fingerprint density at radius 3 is 2.31 bits per heavy atom. The molecule has 7 nitrogen and oxygen atoms in total. The Balaban J connectivity index is 2.70. The van der Waals surface area contributed by atoms with Gasteiger partial charge in [0.2, 0.25) is 10.0 Å². The number of ether oxygens (including phenoxy) is 1. The standard InChI is InChI=1S/C18H31N3O4S/c1-14(2)13-21(12-6-11-20-17(22)25-18(3,4)5)26(23,24)16-9-7-15(19)8-10-16/h7-10,14H,6,11-13,19H2,1-5H3,(H,20,22). The zero-order chi connectivity index (χ0) is 20.0. The van der Waals surface area contributed by atoms with Crippen LogP contribution in [0.1, 0.15) is 41.0 Å². The molecule has 0 spiro atoms. The van der Waals surface area contributed by atoms with E-state index in [0.717, 1.165) is 0 Å². The van der Waals surface area contributed by atoms with Crippen molar-refractivity contribution in [2.24, 2.45) is 5.92 Å². The quantitative estimate of drug-likeness (QED) is 0.529. The molecule has 0 aliphatic rings. The van der Waals surface area contributed by atoms with Crippen LogP contribution in [0.25, 0.3) is 0 Å². The number of hydrogen-bond acceptors (Lipinski definition) is 5. The summed E-state index contributed by atoms with van der Waals surface area (Å²) in [4.78, 5) is 11.9. The average Bonchev–Trinajstić information content (AvgIpc) is 2.48. The molecule has 0 atom stereocenters. The maximum Gasteiger partial charge on any atom is 0.407 e. The fraction of sp³-hybridized carbons (Fsp3) is 0.611. The largest absolute Gasteiger partial charge is 0.444 e. The van der Waals surface area contributed by atoms with Crippen LogP contribution in [0.3, 0.4) is 0 Å². The first-order valence-electron chi connectivity index (χ1n) is 8.74. The van der Waals surface area contributed by atoms with Crippen LogP contribution in [0.4, 0.5) is 10.5 Å². The first-order valence-corrected chi connectivity index (χ1v) is 10.2. The van der Waals surface area contributed by atoms with Crippen LogP contribution in [-0.2, 0) is 14.8 Å². The summed E-state index contributed by atoms with van der Waals surface area (Å²) >= 11 is 0. The number of nitrogens with zero attached hydrogens (tertiary/aromatic N) is 1. The van der Waals surface area contributed by atoms with Crippen molar-refractivity contribution in [1.29, 1.82) is 0 Å². The third-order valence-corrected chi connectivity index (χ3v) is 5.22. The second-order valence-electron chi connectivity index (χ2n) is 7.61. The molecule has 0 heterocycles. The molecule has 8 heteroatoms. The molecule has 0 saturated carbocycles. The molecule has 1 aromatic rings. The summed E-state index contributed by atoms with van der Waals surface area (Å²) in [6.07, 6.45) is -0.0190. The fourth-order valence-corrected chi connectivity index (χ4v) is 3.91. The third-order valence-electron chi connectivity index (χ3n) is 3.34. The Kier molecular flexibility index (Phi) is 7.89. The van der Waals surface area contributed by atoms with Gasteiger partial charge in [0.25, 0.3) is 0 Å². The van der Waals surface area contributed by atoms with Crippen molar-refractivity contribution in [2.75, 3.05) is 25.4 Å². The van der Waals surface area contributed by atoms with E-state index in [0.29, 0.717) is 31.7 Å². The van der Waals surface area contributed by atoms with E-state index >= 15 is 0 Å². The van der Waals surface area contributed by atoms with Crippen LogP contribution >= 0.6 is 0 Å². The molecule has 3 N–H and O–H groups in total. The van der Waals surface area contributed by atoms with E-state index in [1.54, 1.807) is 32.9 Å². The van der Waals surface area contributed by atoms with E-state index < -0.39 is 21.7 Å². The Hall–Kier alpha value is -1.80. The highest BCUT2D eigenvalue weighted by Crippen LogP contribution is 2.19. The van der Waals surface area contributed by atoms with Gasteiger partial charge in [0.15, 0.2) is 0 Å². The summed E-state index contributed by atoms with van der Waals surface area (Å²) in [6, 6.07) is 6.17. The lowest BCUT2D eigenvalue weighted by molar-refractivity contribution is 0.0526. The SMILES string of the molecule is CC(C)CN(CCCNC(=O)OC(C)(C)C)S(=O)(=O)c1ccc(N)cc1. The number of nitrogen functional groups attached to an aromatic ring is 1. The number of rotatable bonds is 8. The zero-order valence-corrected chi connectivity index (χ0v) is 17.1. The van der Waals surface area contributed by atoms with E-state index in [1.807, 2.05) is 13.8 Å². The van der Waals surface area contributed by atoms with Crippen LogP contribution in [-0.4, -0.2) is 44.1 Å². The summed E-state index contributed by atoms with van der Waals surface area (Å²) in [6.45, 7) is 10.3. The lowest BCUT2D eigenvalue weighted by atomic mass is 10.2. The summed E-state index contributed by atoms with van der Waals surface area (Å²) in [7, 11) is -3.61. The van der Waals surface area contributed by atoms with E-state index in [4.69, 9.17) is 10.5 Å². The minimum atomic E-state index is -3.61. The molecule has 0 bridgehead atoms. The van der Waals surface area contributed by atoms with Crippen molar-refractivity contribution in [3.05, 3.63) is 24.3 Å². The zero-order valence-electron chi connectivity index (χ0n) is 16.3. The summed E-state index contributed by atoms with van der Waals surface area (Å²) in [5.74, 6) is 0.178. The Labute approximate surface area is 156 Å². The molecule has 0 saturated heterocycles. The van der Waals surface area contributed by atoms with Gasteiger partial charge < -0.3 is 15.8 Å². The Morgan fingerprint density at radius 1 is 1.23 bits per heavy atom. The predicted molar refractivity (Wildman–Crippen MR) is 103 cm³/mol. The van der Waals surface area contributed by atoms with E-state index in [-0.39, 0.29) is 10.8 Å². The molecule has 1 aromatic carbocycles. The molecule has 1 amide bonds. The van der Waals surface area contributed by atoms with Gasteiger partial charge >= 0.3 is 6.09 Å². The maximum absolute atomic E-state index is 12.9. The number of hydrogen-bond donors (Lipinski definition) is 2. The normalized spacial score (nSPS) is 12.4. The highest BCUT2D eigenvalue weighted by molar-refractivity contribution is 7.89. The Morgan fingerprint density at radius 2 is 1.81 bits per heavy atom. The minimum Gasteiger partial charge on any atom is -0.444 e. The lowest BCUT2D eigenvalue weighted by Gasteiger charge is -2.24. The molecule has 0 aliphatic carbocycles. The number of nitrogens with one attached hydrogen (secondary N) is 1. The number of anilines is 1. The van der Waals surface area contributed by atoms with Gasteiger partial charge in [-0.1, -0.05) is 13.8 Å². The van der Waals surface area contributed by atoms with Crippen molar-refractivity contribution < 1.29 is 17.9 Å². The van der Waals surface area contributed by atoms with Crippen LogP contribution < -0.4 is 11.1 Å². The van der Waals surface area contributed by atoms with Crippen molar-refractivity contribution in [3.63, 3.8) is 0 Å². The topological polar surface area (TPSA) is 102 Å². The fourth-order valence-electron chi connectivity index (χ4n) is 2.27. The lowest BCUT2D eigenvalue weighted by Crippen LogP contribution is -2.37. The summed E-state index contributed by atoms with van der Waals surface area (Å²) in [5, 5.41) is 2.65. The molecule has 148 valence electrons. The second kappa shape index (κ2) is 9.23. The van der Waals surface area contributed by atoms with E-state index in [1.165, 1.54) is 16.4 Å². The van der Waals surface area contributed by atoms with Gasteiger partial charge in [-0.05, 0) is 57.4 Å². The van der Waals surface area contributed by atoms with E-state index in [2.05, 4.69) is 5.32 Å². The van der Waals surface area contributed by atoms with Gasteiger partial charge in [-0.3, -0.25) is 0 Å². The van der Waals surface area contributed by atoms with Gasteiger partial charge in [-0.25, -0.2) is 13.2 Å². The van der Waals surface area contributed by atoms with Gasteiger partial charge in [0, 0.05) is 25.3 Å². The summed E-state index contributed by atoms with van der Waals surface area (Å²) in [5.41, 5.74) is 5.59. The van der Waals surface area contributed by atoms with Crippen molar-refractivity contribution in [1.82, 2.24) is 9.62 Å². The number of carbonyl (C=O) groups is 1. The Bertz CT molecular complexity index is 679. The number of amides is 1. The molecule has 0 aliphatic heterocycles. The number of carbonyl (C=O) groups excluding carboxylic acids is 1. The number of sulfonamides is 1. The molecule has 0 radical (unpaired) electrons. The molecular formula is C18H31N3O4S. The van der Waals surface area contributed by atoms with Crippen LogP contribution in [0.2, 0.25) is 0 Å². The monoisotopic (exact) mass is 385 g/mol. The minimum absolute atomic E-state index is 0.178. The highest BCUT2D eigenvalue weighted by atomic mass is 32.2.